The van der Waals surface area contributed by atoms with Crippen LogP contribution in [0.25, 0.3) is 0 Å². The highest BCUT2D eigenvalue weighted by atomic mass is 16.3. The summed E-state index contributed by atoms with van der Waals surface area (Å²) < 4.78 is 0. The highest BCUT2D eigenvalue weighted by molar-refractivity contribution is 5.30. The first-order valence-electron chi connectivity index (χ1n) is 7.87. The van der Waals surface area contributed by atoms with Gasteiger partial charge in [-0.15, -0.1) is 0 Å². The van der Waals surface area contributed by atoms with Gasteiger partial charge in [0.05, 0.1) is 6.10 Å². The van der Waals surface area contributed by atoms with E-state index in [2.05, 4.69) is 57.7 Å². The highest BCUT2D eigenvalue weighted by Gasteiger charge is 2.30. The van der Waals surface area contributed by atoms with E-state index in [1.165, 1.54) is 17.5 Å². The van der Waals surface area contributed by atoms with Crippen LogP contribution in [0.1, 0.15) is 50.0 Å². The van der Waals surface area contributed by atoms with Crippen molar-refractivity contribution in [3.05, 3.63) is 34.9 Å². The Labute approximate surface area is 123 Å². The first-order valence-corrected chi connectivity index (χ1v) is 7.87. The third kappa shape index (κ3) is 3.62. The van der Waals surface area contributed by atoms with E-state index >= 15 is 0 Å². The minimum atomic E-state index is -0.381. The molecule has 1 N–H and O–H groups in total. The number of aliphatic hydroxyl groups is 1. The van der Waals surface area contributed by atoms with Gasteiger partial charge in [0.1, 0.15) is 0 Å². The number of nitrogens with zero attached hydrogens (tertiary/aromatic N) is 1. The molecular weight excluding hydrogens is 246 g/mol. The fourth-order valence-corrected chi connectivity index (χ4v) is 3.60. The van der Waals surface area contributed by atoms with Crippen molar-refractivity contribution in [1.82, 2.24) is 4.90 Å². The minimum Gasteiger partial charge on any atom is -0.387 e. The van der Waals surface area contributed by atoms with E-state index in [-0.39, 0.29) is 6.10 Å². The normalized spacial score (nSPS) is 29.4. The van der Waals surface area contributed by atoms with Gasteiger partial charge in [0, 0.05) is 19.1 Å². The van der Waals surface area contributed by atoms with E-state index in [9.17, 15) is 5.11 Å². The summed E-state index contributed by atoms with van der Waals surface area (Å²) in [5, 5.41) is 10.6. The van der Waals surface area contributed by atoms with Crippen molar-refractivity contribution in [1.29, 1.82) is 0 Å². The Morgan fingerprint density at radius 3 is 2.35 bits per heavy atom. The molecule has 0 aromatic heterocycles. The van der Waals surface area contributed by atoms with Gasteiger partial charge in [-0.2, -0.15) is 0 Å². The molecule has 0 saturated carbocycles. The summed E-state index contributed by atoms with van der Waals surface area (Å²) in [6.45, 7) is 13.0. The summed E-state index contributed by atoms with van der Waals surface area (Å²) in [7, 11) is 0. The Morgan fingerprint density at radius 1 is 1.15 bits per heavy atom. The number of likely N-dealkylation sites (tertiary alicyclic amines) is 1. The number of hydrogen-bond donors (Lipinski definition) is 1. The summed E-state index contributed by atoms with van der Waals surface area (Å²) in [6.07, 6.45) is 0.922. The molecular formula is C18H29NO. The first-order chi connectivity index (χ1) is 9.36. The molecule has 4 atom stereocenters. The summed E-state index contributed by atoms with van der Waals surface area (Å²) in [5.41, 5.74) is 3.51. The smallest absolute Gasteiger partial charge is 0.0917 e. The maximum absolute atomic E-state index is 10.6. The van der Waals surface area contributed by atoms with E-state index < -0.39 is 0 Å². The third-order valence-electron chi connectivity index (χ3n) is 4.76. The molecule has 1 fully saturated rings. The molecule has 2 rings (SSSR count). The molecule has 4 unspecified atom stereocenters. The van der Waals surface area contributed by atoms with E-state index in [0.29, 0.717) is 12.0 Å². The van der Waals surface area contributed by atoms with Crippen LogP contribution >= 0.6 is 0 Å². The summed E-state index contributed by atoms with van der Waals surface area (Å²) >= 11 is 0. The summed E-state index contributed by atoms with van der Waals surface area (Å²) in [6, 6.07) is 6.94. The molecule has 0 aliphatic carbocycles. The molecule has 0 amide bonds. The van der Waals surface area contributed by atoms with E-state index in [1.54, 1.807) is 0 Å². The van der Waals surface area contributed by atoms with Crippen molar-refractivity contribution in [3.8, 4) is 0 Å². The fourth-order valence-electron chi connectivity index (χ4n) is 3.60. The van der Waals surface area contributed by atoms with Gasteiger partial charge in [-0.1, -0.05) is 43.2 Å². The lowest BCUT2D eigenvalue weighted by atomic mass is 9.85. The van der Waals surface area contributed by atoms with Gasteiger partial charge in [-0.25, -0.2) is 0 Å². The highest BCUT2D eigenvalue weighted by Crippen LogP contribution is 2.29. The monoisotopic (exact) mass is 275 g/mol. The molecule has 1 aliphatic heterocycles. The average molecular weight is 275 g/mol. The van der Waals surface area contributed by atoms with Crippen molar-refractivity contribution >= 4 is 0 Å². The zero-order valence-corrected chi connectivity index (χ0v) is 13.6. The van der Waals surface area contributed by atoms with Crippen molar-refractivity contribution in [2.75, 3.05) is 13.1 Å². The SMILES string of the molecule is Cc1cc(C)cc(C(O)CN2CC(C)CC(C)C2C)c1. The molecule has 2 heteroatoms. The molecule has 0 spiro atoms. The Balaban J connectivity index is 2.08. The molecule has 1 saturated heterocycles. The van der Waals surface area contributed by atoms with Crippen LogP contribution in [0.5, 0.6) is 0 Å². The lowest BCUT2D eigenvalue weighted by molar-refractivity contribution is 0.0315. The number of aliphatic hydroxyl groups excluding tert-OH is 1. The zero-order chi connectivity index (χ0) is 14.9. The molecule has 1 aromatic carbocycles. The van der Waals surface area contributed by atoms with Crippen LogP contribution < -0.4 is 0 Å². The van der Waals surface area contributed by atoms with E-state index in [0.717, 1.165) is 24.6 Å². The van der Waals surface area contributed by atoms with Crippen LogP contribution in [-0.2, 0) is 0 Å². The van der Waals surface area contributed by atoms with Crippen LogP contribution in [0.4, 0.5) is 0 Å². The minimum absolute atomic E-state index is 0.381. The van der Waals surface area contributed by atoms with Gasteiger partial charge in [-0.05, 0) is 44.6 Å². The molecule has 20 heavy (non-hydrogen) atoms. The number of β-amino-alcohol motifs (C(OH)–C–C–N with tert-alkyl or cyclic N) is 1. The van der Waals surface area contributed by atoms with Crippen molar-refractivity contribution in [2.24, 2.45) is 11.8 Å². The number of piperidine rings is 1. The van der Waals surface area contributed by atoms with Gasteiger partial charge in [0.2, 0.25) is 0 Å². The molecule has 1 aromatic rings. The summed E-state index contributed by atoms with van der Waals surface area (Å²) in [5.74, 6) is 1.44. The Kier molecular flexibility index (Phi) is 4.87. The fraction of sp³-hybridized carbons (Fsp3) is 0.667. The lowest BCUT2D eigenvalue weighted by Crippen LogP contribution is -2.47. The van der Waals surface area contributed by atoms with Crippen LogP contribution in [-0.4, -0.2) is 29.1 Å². The Bertz CT molecular complexity index is 436. The lowest BCUT2D eigenvalue weighted by Gasteiger charge is -2.42. The predicted molar refractivity (Wildman–Crippen MR) is 84.9 cm³/mol. The zero-order valence-electron chi connectivity index (χ0n) is 13.6. The maximum Gasteiger partial charge on any atom is 0.0917 e. The number of hydrogen-bond acceptors (Lipinski definition) is 2. The van der Waals surface area contributed by atoms with Gasteiger partial charge in [0.15, 0.2) is 0 Å². The summed E-state index contributed by atoms with van der Waals surface area (Å²) in [4.78, 5) is 2.46. The average Bonchev–Trinajstić information content (AvgIpc) is 2.34. The van der Waals surface area contributed by atoms with Gasteiger partial charge in [0.25, 0.3) is 0 Å². The molecule has 0 bridgehead atoms. The quantitative estimate of drug-likeness (QED) is 0.909. The van der Waals surface area contributed by atoms with Crippen LogP contribution in [0.3, 0.4) is 0 Å². The topological polar surface area (TPSA) is 23.5 Å². The third-order valence-corrected chi connectivity index (χ3v) is 4.76. The van der Waals surface area contributed by atoms with Crippen molar-refractivity contribution in [3.63, 3.8) is 0 Å². The number of rotatable bonds is 3. The van der Waals surface area contributed by atoms with Crippen LogP contribution in [0, 0.1) is 25.7 Å². The maximum atomic E-state index is 10.6. The van der Waals surface area contributed by atoms with Crippen LogP contribution in [0.15, 0.2) is 18.2 Å². The molecule has 0 radical (unpaired) electrons. The largest absolute Gasteiger partial charge is 0.387 e. The van der Waals surface area contributed by atoms with Crippen molar-refractivity contribution < 1.29 is 5.11 Å². The second-order valence-electron chi connectivity index (χ2n) is 6.95. The van der Waals surface area contributed by atoms with Crippen LogP contribution in [0.2, 0.25) is 0 Å². The van der Waals surface area contributed by atoms with E-state index in [4.69, 9.17) is 0 Å². The molecule has 2 nitrogen and oxygen atoms in total. The number of benzene rings is 1. The second-order valence-corrected chi connectivity index (χ2v) is 6.95. The van der Waals surface area contributed by atoms with Crippen molar-refractivity contribution in [2.45, 2.75) is 53.2 Å². The first kappa shape index (κ1) is 15.5. The van der Waals surface area contributed by atoms with Gasteiger partial charge < -0.3 is 5.11 Å². The molecule has 112 valence electrons. The molecule has 1 heterocycles. The predicted octanol–water partition coefficient (Wildman–Crippen LogP) is 3.70. The second kappa shape index (κ2) is 6.28. The standard InChI is InChI=1S/C18H29NO/c1-12-6-13(2)9-17(8-12)18(20)11-19-10-14(3)7-15(4)16(19)5/h6,8-9,14-16,18,20H,7,10-11H2,1-5H3. The Morgan fingerprint density at radius 2 is 1.75 bits per heavy atom. The van der Waals surface area contributed by atoms with Gasteiger partial charge in [-0.3, -0.25) is 4.90 Å². The van der Waals surface area contributed by atoms with E-state index in [1.807, 2.05) is 0 Å². The Hall–Kier alpha value is -0.860. The van der Waals surface area contributed by atoms with Gasteiger partial charge >= 0.3 is 0 Å². The number of aryl methyl sites for hydroxylation is 2. The molecule has 1 aliphatic rings.